The van der Waals surface area contributed by atoms with Crippen LogP contribution in [-0.2, 0) is 0 Å². The van der Waals surface area contributed by atoms with Gasteiger partial charge in [0.05, 0.1) is 18.0 Å². The summed E-state index contributed by atoms with van der Waals surface area (Å²) in [5.41, 5.74) is 7.43. The van der Waals surface area contributed by atoms with Crippen LogP contribution in [0.5, 0.6) is 5.75 Å². The van der Waals surface area contributed by atoms with E-state index in [-0.39, 0.29) is 5.92 Å². The summed E-state index contributed by atoms with van der Waals surface area (Å²) in [6.45, 7) is 7.02. The van der Waals surface area contributed by atoms with E-state index in [1.165, 1.54) is 11.3 Å². The Morgan fingerprint density at radius 3 is 2.59 bits per heavy atom. The molecule has 0 aliphatic carbocycles. The average Bonchev–Trinajstić information content (AvgIpc) is 2.88. The number of ether oxygens (including phenoxy) is 1. The Morgan fingerprint density at radius 2 is 1.95 bits per heavy atom. The zero-order valence-electron chi connectivity index (χ0n) is 13.2. The molecule has 1 aromatic carbocycles. The third-order valence-electron chi connectivity index (χ3n) is 3.06. The fourth-order valence-electron chi connectivity index (χ4n) is 1.83. The lowest BCUT2D eigenvalue weighted by atomic mass is 10.1. The van der Waals surface area contributed by atoms with Crippen molar-refractivity contribution in [2.24, 2.45) is 10.2 Å². The molecule has 1 heterocycles. The molecule has 0 atom stereocenters. The zero-order valence-corrected chi connectivity index (χ0v) is 14.1. The molecule has 6 heteroatoms. The fraction of sp³-hybridized carbons (Fsp3) is 0.438. The van der Waals surface area contributed by atoms with Gasteiger partial charge in [-0.3, -0.25) is 0 Å². The van der Waals surface area contributed by atoms with Crippen molar-refractivity contribution in [1.29, 1.82) is 0 Å². The molecule has 5 nitrogen and oxygen atoms in total. The number of hydrogen-bond acceptors (Lipinski definition) is 6. The van der Waals surface area contributed by atoms with Crippen LogP contribution in [0, 0.1) is 0 Å². The first-order valence-corrected chi connectivity index (χ1v) is 8.32. The van der Waals surface area contributed by atoms with Crippen molar-refractivity contribution < 1.29 is 4.74 Å². The number of nitrogens with two attached hydrogens (primary N) is 1. The van der Waals surface area contributed by atoms with Gasteiger partial charge in [-0.2, -0.15) is 0 Å². The molecular formula is C16H22N4OS. The van der Waals surface area contributed by atoms with E-state index in [2.05, 4.69) is 36.0 Å². The summed E-state index contributed by atoms with van der Waals surface area (Å²) in [7, 11) is 0. The van der Waals surface area contributed by atoms with Gasteiger partial charge < -0.3 is 10.5 Å². The average molecular weight is 318 g/mol. The van der Waals surface area contributed by atoms with Gasteiger partial charge in [0, 0.05) is 0 Å². The number of unbranched alkanes of at least 4 members (excludes halogenated alkanes) is 1. The highest BCUT2D eigenvalue weighted by Crippen LogP contribution is 2.35. The lowest BCUT2D eigenvalue weighted by Gasteiger charge is -2.04. The van der Waals surface area contributed by atoms with Crippen LogP contribution in [0.25, 0.3) is 0 Å². The molecule has 0 saturated heterocycles. The summed E-state index contributed by atoms with van der Waals surface area (Å²) in [5, 5.41) is 9.84. The van der Waals surface area contributed by atoms with Crippen LogP contribution in [0.3, 0.4) is 0 Å². The molecule has 0 amide bonds. The molecule has 1 aromatic heterocycles. The maximum absolute atomic E-state index is 5.75. The van der Waals surface area contributed by atoms with E-state index >= 15 is 0 Å². The number of azo groups is 1. The van der Waals surface area contributed by atoms with Crippen molar-refractivity contribution in [3.8, 4) is 5.75 Å². The van der Waals surface area contributed by atoms with Crippen molar-refractivity contribution in [1.82, 2.24) is 4.98 Å². The Kier molecular flexibility index (Phi) is 5.89. The molecule has 0 radical (unpaired) electrons. The van der Waals surface area contributed by atoms with Crippen LogP contribution in [0.1, 0.15) is 45.2 Å². The summed E-state index contributed by atoms with van der Waals surface area (Å²) in [4.78, 5) is 4.30. The maximum Gasteiger partial charge on any atom is 0.182 e. The van der Waals surface area contributed by atoms with Gasteiger partial charge in [0.1, 0.15) is 5.75 Å². The molecule has 0 unspecified atom stereocenters. The minimum atomic E-state index is 0.275. The Bertz CT molecular complexity index is 620. The normalized spacial score (nSPS) is 11.5. The van der Waals surface area contributed by atoms with Crippen molar-refractivity contribution in [2.75, 3.05) is 12.3 Å². The fourth-order valence-corrected chi connectivity index (χ4v) is 2.64. The Hall–Kier alpha value is -1.95. The van der Waals surface area contributed by atoms with Crippen LogP contribution in [0.2, 0.25) is 0 Å². The van der Waals surface area contributed by atoms with Gasteiger partial charge in [-0.05, 0) is 36.6 Å². The number of nitrogens with zero attached hydrogens (tertiary/aromatic N) is 3. The van der Waals surface area contributed by atoms with Crippen LogP contribution in [-0.4, -0.2) is 11.6 Å². The summed E-state index contributed by atoms with van der Waals surface area (Å²) in [6, 6.07) is 7.61. The van der Waals surface area contributed by atoms with Gasteiger partial charge in [0.2, 0.25) is 0 Å². The number of nitrogen functional groups attached to an aromatic ring is 1. The van der Waals surface area contributed by atoms with Gasteiger partial charge in [-0.15, -0.1) is 10.2 Å². The topological polar surface area (TPSA) is 72.9 Å². The third kappa shape index (κ3) is 4.53. The van der Waals surface area contributed by atoms with Crippen molar-refractivity contribution in [3.63, 3.8) is 0 Å². The molecule has 0 aliphatic heterocycles. The summed E-state index contributed by atoms with van der Waals surface area (Å²) >= 11 is 1.36. The Balaban J connectivity index is 2.04. The van der Waals surface area contributed by atoms with E-state index in [1.54, 1.807) is 0 Å². The van der Waals surface area contributed by atoms with E-state index < -0.39 is 0 Å². The molecule has 0 spiro atoms. The Morgan fingerprint density at radius 1 is 1.23 bits per heavy atom. The second kappa shape index (κ2) is 7.89. The van der Waals surface area contributed by atoms with E-state index in [9.17, 15) is 0 Å². The van der Waals surface area contributed by atoms with E-state index in [0.717, 1.165) is 41.6 Å². The number of anilines is 1. The van der Waals surface area contributed by atoms with Gasteiger partial charge in [-0.25, -0.2) is 4.98 Å². The zero-order chi connectivity index (χ0) is 15.9. The summed E-state index contributed by atoms with van der Waals surface area (Å²) in [5.74, 6) is 1.13. The second-order valence-electron chi connectivity index (χ2n) is 5.29. The van der Waals surface area contributed by atoms with E-state index in [0.29, 0.717) is 5.13 Å². The van der Waals surface area contributed by atoms with Crippen molar-refractivity contribution in [2.45, 2.75) is 39.5 Å². The van der Waals surface area contributed by atoms with Crippen LogP contribution in [0.15, 0.2) is 34.5 Å². The van der Waals surface area contributed by atoms with Crippen molar-refractivity contribution in [3.05, 3.63) is 30.0 Å². The first-order valence-electron chi connectivity index (χ1n) is 7.51. The molecule has 0 fully saturated rings. The standard InChI is InChI=1S/C16H22N4OS/c1-4-5-10-21-13-8-6-12(7-9-13)19-20-15-14(11(2)3)18-16(17)22-15/h6-9,11H,4-5,10H2,1-3H3,(H2,17,18). The molecule has 2 aromatic rings. The minimum absolute atomic E-state index is 0.275. The largest absolute Gasteiger partial charge is 0.494 e. The van der Waals surface area contributed by atoms with Gasteiger partial charge >= 0.3 is 0 Å². The van der Waals surface area contributed by atoms with Gasteiger partial charge in [-0.1, -0.05) is 38.5 Å². The lowest BCUT2D eigenvalue weighted by molar-refractivity contribution is 0.309. The molecule has 2 rings (SSSR count). The number of rotatable bonds is 7. The lowest BCUT2D eigenvalue weighted by Crippen LogP contribution is -1.95. The van der Waals surface area contributed by atoms with Crippen LogP contribution < -0.4 is 10.5 Å². The first-order chi connectivity index (χ1) is 10.6. The highest BCUT2D eigenvalue weighted by molar-refractivity contribution is 7.19. The van der Waals surface area contributed by atoms with E-state index in [1.807, 2.05) is 24.3 Å². The highest BCUT2D eigenvalue weighted by atomic mass is 32.1. The maximum atomic E-state index is 5.75. The number of thiazole rings is 1. The summed E-state index contributed by atoms with van der Waals surface area (Å²) in [6.07, 6.45) is 2.19. The Labute approximate surface area is 135 Å². The highest BCUT2D eigenvalue weighted by Gasteiger charge is 2.12. The van der Waals surface area contributed by atoms with Crippen molar-refractivity contribution >= 4 is 27.2 Å². The molecule has 0 saturated carbocycles. The molecule has 0 aliphatic rings. The predicted molar refractivity (Wildman–Crippen MR) is 91.6 cm³/mol. The van der Waals surface area contributed by atoms with Crippen LogP contribution >= 0.6 is 11.3 Å². The van der Waals surface area contributed by atoms with Gasteiger partial charge in [0.25, 0.3) is 0 Å². The smallest absolute Gasteiger partial charge is 0.182 e. The molecule has 0 bridgehead atoms. The number of aromatic nitrogens is 1. The third-order valence-corrected chi connectivity index (χ3v) is 3.84. The molecular weight excluding hydrogens is 296 g/mol. The SMILES string of the molecule is CCCCOc1ccc(N=Nc2sc(N)nc2C(C)C)cc1. The monoisotopic (exact) mass is 318 g/mol. The first kappa shape index (κ1) is 16.4. The minimum Gasteiger partial charge on any atom is -0.494 e. The quantitative estimate of drug-likeness (QED) is 0.545. The molecule has 22 heavy (non-hydrogen) atoms. The van der Waals surface area contributed by atoms with E-state index in [4.69, 9.17) is 10.5 Å². The number of benzene rings is 1. The molecule has 2 N–H and O–H groups in total. The van der Waals surface area contributed by atoms with Crippen LogP contribution in [0.4, 0.5) is 15.8 Å². The predicted octanol–water partition coefficient (Wildman–Crippen LogP) is 5.44. The van der Waals surface area contributed by atoms with Gasteiger partial charge in [0.15, 0.2) is 10.1 Å². The number of hydrogen-bond donors (Lipinski definition) is 1. The second-order valence-corrected chi connectivity index (χ2v) is 6.30. The summed E-state index contributed by atoms with van der Waals surface area (Å²) < 4.78 is 5.62. The molecule has 118 valence electrons.